The number of nitrogens with zero attached hydrogens (tertiary/aromatic N) is 4. The summed E-state index contributed by atoms with van der Waals surface area (Å²) in [5, 5.41) is 0. The highest BCUT2D eigenvalue weighted by molar-refractivity contribution is 7.89. The molecule has 8 nitrogen and oxygen atoms in total. The van der Waals surface area contributed by atoms with E-state index in [4.69, 9.17) is 0 Å². The zero-order chi connectivity index (χ0) is 21.5. The Morgan fingerprint density at radius 3 is 2.30 bits per heavy atom. The van der Waals surface area contributed by atoms with Gasteiger partial charge >= 0.3 is 0 Å². The van der Waals surface area contributed by atoms with Crippen LogP contribution in [0.3, 0.4) is 0 Å². The number of rotatable bonds is 4. The Labute approximate surface area is 178 Å². The third kappa shape index (κ3) is 3.74. The fraction of sp³-hybridized carbons (Fsp3) is 0.619. The number of piperazine rings is 1. The summed E-state index contributed by atoms with van der Waals surface area (Å²) in [6, 6.07) is 4.30. The molecule has 1 aromatic rings. The number of sulfonamides is 1. The first-order valence-corrected chi connectivity index (χ1v) is 12.2. The molecule has 1 unspecified atom stereocenters. The van der Waals surface area contributed by atoms with Crippen molar-refractivity contribution in [3.8, 4) is 0 Å². The normalized spacial score (nSPS) is 23.1. The molecule has 0 aliphatic carbocycles. The summed E-state index contributed by atoms with van der Waals surface area (Å²) in [6.07, 6.45) is 2.11. The van der Waals surface area contributed by atoms with E-state index in [1.165, 1.54) is 16.1 Å². The molecule has 0 saturated carbocycles. The zero-order valence-electron chi connectivity index (χ0n) is 17.7. The number of hydrogen-bond acceptors (Lipinski definition) is 5. The molecule has 0 bridgehead atoms. The molecule has 1 atom stereocenters. The molecule has 2 saturated heterocycles. The Kier molecular flexibility index (Phi) is 5.87. The van der Waals surface area contributed by atoms with E-state index in [0.717, 1.165) is 38.0 Å². The monoisotopic (exact) mass is 434 g/mol. The van der Waals surface area contributed by atoms with Crippen LogP contribution in [0.5, 0.6) is 0 Å². The van der Waals surface area contributed by atoms with Crippen LogP contribution in [0.15, 0.2) is 23.1 Å². The molecule has 0 N–H and O–H groups in total. The average Bonchev–Trinajstić information content (AvgIpc) is 3.41. The van der Waals surface area contributed by atoms with Gasteiger partial charge in [0.05, 0.1) is 4.90 Å². The third-order valence-corrected chi connectivity index (χ3v) is 8.39. The van der Waals surface area contributed by atoms with Gasteiger partial charge in [0.2, 0.25) is 21.8 Å². The van der Waals surface area contributed by atoms with Crippen molar-refractivity contribution in [3.63, 3.8) is 0 Å². The van der Waals surface area contributed by atoms with Crippen molar-refractivity contribution < 1.29 is 18.0 Å². The molecule has 0 spiro atoms. The van der Waals surface area contributed by atoms with E-state index in [0.29, 0.717) is 38.3 Å². The summed E-state index contributed by atoms with van der Waals surface area (Å²) in [7, 11) is -3.54. The van der Waals surface area contributed by atoms with E-state index in [1.54, 1.807) is 18.2 Å². The summed E-state index contributed by atoms with van der Waals surface area (Å²) < 4.78 is 27.4. The van der Waals surface area contributed by atoms with Crippen molar-refractivity contribution in [1.29, 1.82) is 0 Å². The third-order valence-electron chi connectivity index (χ3n) is 6.49. The molecule has 2 fully saturated rings. The molecule has 3 heterocycles. The van der Waals surface area contributed by atoms with Gasteiger partial charge in [0.15, 0.2) is 0 Å². The maximum absolute atomic E-state index is 13.3. The lowest BCUT2D eigenvalue weighted by atomic mass is 10.1. The van der Waals surface area contributed by atoms with E-state index in [1.807, 2.05) is 4.90 Å². The summed E-state index contributed by atoms with van der Waals surface area (Å²) >= 11 is 0. The minimum atomic E-state index is -3.54. The molecule has 9 heteroatoms. The maximum atomic E-state index is 13.3. The topological polar surface area (TPSA) is 81.2 Å². The van der Waals surface area contributed by atoms with Gasteiger partial charge in [-0.05, 0) is 43.1 Å². The van der Waals surface area contributed by atoms with Crippen LogP contribution in [-0.2, 0) is 26.0 Å². The maximum Gasteiger partial charge on any atom is 0.246 e. The standard InChI is InChI=1S/C21H30N4O4S/c1-3-22-10-12-23(13-11-22)21(27)20-15-17-14-18(6-7-19(17)25(20)16(2)26)30(28,29)24-8-4-5-9-24/h6-7,14,20H,3-5,8-13,15H2,1-2H3. The number of benzene rings is 1. The van der Waals surface area contributed by atoms with E-state index in [-0.39, 0.29) is 16.7 Å². The lowest BCUT2D eigenvalue weighted by molar-refractivity contribution is -0.135. The largest absolute Gasteiger partial charge is 0.338 e. The van der Waals surface area contributed by atoms with Crippen molar-refractivity contribution in [2.24, 2.45) is 0 Å². The van der Waals surface area contributed by atoms with Crippen LogP contribution >= 0.6 is 0 Å². The first-order valence-electron chi connectivity index (χ1n) is 10.8. The number of carbonyl (C=O) groups excluding carboxylic acids is 2. The van der Waals surface area contributed by atoms with Gasteiger partial charge in [-0.15, -0.1) is 0 Å². The smallest absolute Gasteiger partial charge is 0.246 e. The van der Waals surface area contributed by atoms with E-state index in [2.05, 4.69) is 11.8 Å². The number of amides is 2. The van der Waals surface area contributed by atoms with Crippen molar-refractivity contribution in [2.45, 2.75) is 44.0 Å². The molecular formula is C21H30N4O4S. The van der Waals surface area contributed by atoms with Gasteiger partial charge in [0.25, 0.3) is 0 Å². The Hall–Kier alpha value is -1.97. The summed E-state index contributed by atoms with van der Waals surface area (Å²) in [5.41, 5.74) is 1.39. The molecule has 4 rings (SSSR count). The van der Waals surface area contributed by atoms with Gasteiger partial charge in [0, 0.05) is 58.3 Å². The van der Waals surface area contributed by atoms with Crippen LogP contribution in [0.4, 0.5) is 5.69 Å². The first kappa shape index (κ1) is 21.3. The van der Waals surface area contributed by atoms with Gasteiger partial charge in [-0.25, -0.2) is 8.42 Å². The lowest BCUT2D eigenvalue weighted by Crippen LogP contribution is -2.55. The average molecular weight is 435 g/mol. The van der Waals surface area contributed by atoms with Gasteiger partial charge in [-0.3, -0.25) is 14.5 Å². The van der Waals surface area contributed by atoms with Crippen LogP contribution in [0.2, 0.25) is 0 Å². The highest BCUT2D eigenvalue weighted by Gasteiger charge is 2.40. The van der Waals surface area contributed by atoms with Crippen LogP contribution in [0.25, 0.3) is 0 Å². The molecule has 3 aliphatic heterocycles. The van der Waals surface area contributed by atoms with E-state index in [9.17, 15) is 18.0 Å². The molecule has 1 aromatic carbocycles. The van der Waals surface area contributed by atoms with Crippen molar-refractivity contribution >= 4 is 27.5 Å². The van der Waals surface area contributed by atoms with Crippen LogP contribution < -0.4 is 4.90 Å². The first-order chi connectivity index (χ1) is 14.3. The Balaban J connectivity index is 1.58. The van der Waals surface area contributed by atoms with Crippen LogP contribution in [-0.4, -0.2) is 86.2 Å². The van der Waals surface area contributed by atoms with Crippen molar-refractivity contribution in [2.75, 3.05) is 50.7 Å². The molecular weight excluding hydrogens is 404 g/mol. The van der Waals surface area contributed by atoms with Gasteiger partial charge in [0.1, 0.15) is 6.04 Å². The predicted octanol–water partition coefficient (Wildman–Crippen LogP) is 0.913. The molecule has 0 radical (unpaired) electrons. The molecule has 3 aliphatic rings. The Morgan fingerprint density at radius 2 is 1.70 bits per heavy atom. The highest BCUT2D eigenvalue weighted by Crippen LogP contribution is 2.36. The minimum absolute atomic E-state index is 0.0545. The SMILES string of the molecule is CCN1CCN(C(=O)C2Cc3cc(S(=O)(=O)N4CCCC4)ccc3N2C(C)=O)CC1. The molecule has 2 amide bonds. The molecule has 164 valence electrons. The Bertz CT molecular complexity index is 934. The summed E-state index contributed by atoms with van der Waals surface area (Å²) in [5.74, 6) is -0.254. The Morgan fingerprint density at radius 1 is 1.03 bits per heavy atom. The van der Waals surface area contributed by atoms with Gasteiger partial charge in [-0.1, -0.05) is 6.92 Å². The number of anilines is 1. The number of carbonyl (C=O) groups is 2. The van der Waals surface area contributed by atoms with Gasteiger partial charge < -0.3 is 9.80 Å². The quantitative estimate of drug-likeness (QED) is 0.704. The summed E-state index contributed by atoms with van der Waals surface area (Å²) in [6.45, 7) is 8.59. The number of hydrogen-bond donors (Lipinski definition) is 0. The fourth-order valence-electron chi connectivity index (χ4n) is 4.75. The molecule has 30 heavy (non-hydrogen) atoms. The molecule has 0 aromatic heterocycles. The fourth-order valence-corrected chi connectivity index (χ4v) is 6.32. The highest BCUT2D eigenvalue weighted by atomic mass is 32.2. The second-order valence-electron chi connectivity index (χ2n) is 8.27. The van der Waals surface area contributed by atoms with Gasteiger partial charge in [-0.2, -0.15) is 4.31 Å². The van der Waals surface area contributed by atoms with Crippen molar-refractivity contribution in [3.05, 3.63) is 23.8 Å². The van der Waals surface area contributed by atoms with Crippen molar-refractivity contribution in [1.82, 2.24) is 14.1 Å². The van der Waals surface area contributed by atoms with E-state index >= 15 is 0 Å². The second-order valence-corrected chi connectivity index (χ2v) is 10.2. The lowest BCUT2D eigenvalue weighted by Gasteiger charge is -2.36. The zero-order valence-corrected chi connectivity index (χ0v) is 18.5. The van der Waals surface area contributed by atoms with Crippen LogP contribution in [0.1, 0.15) is 32.3 Å². The predicted molar refractivity (Wildman–Crippen MR) is 114 cm³/mol. The number of likely N-dealkylation sites (N-methyl/N-ethyl adjacent to an activating group) is 1. The summed E-state index contributed by atoms with van der Waals surface area (Å²) in [4.78, 5) is 31.6. The van der Waals surface area contributed by atoms with E-state index < -0.39 is 16.1 Å². The minimum Gasteiger partial charge on any atom is -0.338 e. The second kappa shape index (κ2) is 8.28. The number of fused-ring (bicyclic) bond motifs is 1. The van der Waals surface area contributed by atoms with Crippen LogP contribution in [0, 0.1) is 0 Å².